The number of hydrogen-bond donors (Lipinski definition) is 2. The quantitative estimate of drug-likeness (QED) is 0.801. The van der Waals surface area contributed by atoms with Crippen LogP contribution < -0.4 is 5.32 Å². The van der Waals surface area contributed by atoms with Crippen LogP contribution in [0.15, 0.2) is 24.3 Å². The predicted octanol–water partition coefficient (Wildman–Crippen LogP) is 2.12. The Balaban J connectivity index is 2.49. The zero-order valence-electron chi connectivity index (χ0n) is 12.2. The van der Waals surface area contributed by atoms with Crippen LogP contribution in [-0.2, 0) is 9.59 Å². The number of nitrogens with one attached hydrogen (secondary N) is 1. The van der Waals surface area contributed by atoms with Crippen molar-refractivity contribution < 1.29 is 14.7 Å². The van der Waals surface area contributed by atoms with Crippen LogP contribution in [0.1, 0.15) is 25.8 Å². The number of nitrogens with zero attached hydrogens (tertiary/aromatic N) is 1. The summed E-state index contributed by atoms with van der Waals surface area (Å²) in [6.45, 7) is 5.87. The van der Waals surface area contributed by atoms with Crippen LogP contribution in [0.2, 0.25) is 0 Å². The highest BCUT2D eigenvalue weighted by molar-refractivity contribution is 5.82. The van der Waals surface area contributed by atoms with Gasteiger partial charge in [-0.15, -0.1) is 0 Å². The van der Waals surface area contributed by atoms with E-state index in [1.165, 1.54) is 4.90 Å². The van der Waals surface area contributed by atoms with Crippen molar-refractivity contribution in [2.24, 2.45) is 0 Å². The molecule has 0 spiro atoms. The van der Waals surface area contributed by atoms with Gasteiger partial charge in [0.25, 0.3) is 0 Å². The van der Waals surface area contributed by atoms with Gasteiger partial charge < -0.3 is 15.3 Å². The molecule has 1 aromatic rings. The topological polar surface area (TPSA) is 69.6 Å². The lowest BCUT2D eigenvalue weighted by Crippen LogP contribution is -2.41. The molecule has 0 aliphatic heterocycles. The lowest BCUT2D eigenvalue weighted by atomic mass is 10.2. The third kappa shape index (κ3) is 4.91. The molecule has 1 rings (SSSR count). The SMILES string of the molecule is Cc1ccccc1NCCC(=O)N(CC(=O)O)C(C)C. The molecule has 0 fully saturated rings. The second-order valence-electron chi connectivity index (χ2n) is 5.00. The van der Waals surface area contributed by atoms with Crippen molar-refractivity contribution in [3.05, 3.63) is 29.8 Å². The van der Waals surface area contributed by atoms with Gasteiger partial charge in [-0.1, -0.05) is 18.2 Å². The lowest BCUT2D eigenvalue weighted by molar-refractivity contribution is -0.145. The molecular weight excluding hydrogens is 256 g/mol. The van der Waals surface area contributed by atoms with Crippen molar-refractivity contribution in [3.8, 4) is 0 Å². The molecule has 0 aromatic heterocycles. The molecule has 0 atom stereocenters. The van der Waals surface area contributed by atoms with Gasteiger partial charge in [-0.05, 0) is 32.4 Å². The van der Waals surface area contributed by atoms with E-state index in [1.807, 2.05) is 45.0 Å². The van der Waals surface area contributed by atoms with E-state index in [-0.39, 0.29) is 24.9 Å². The van der Waals surface area contributed by atoms with E-state index in [0.717, 1.165) is 11.3 Å². The summed E-state index contributed by atoms with van der Waals surface area (Å²) < 4.78 is 0. The summed E-state index contributed by atoms with van der Waals surface area (Å²) in [5.41, 5.74) is 2.11. The largest absolute Gasteiger partial charge is 0.480 e. The highest BCUT2D eigenvalue weighted by atomic mass is 16.4. The fourth-order valence-electron chi connectivity index (χ4n) is 1.92. The fourth-order valence-corrected chi connectivity index (χ4v) is 1.92. The van der Waals surface area contributed by atoms with E-state index in [4.69, 9.17) is 5.11 Å². The summed E-state index contributed by atoms with van der Waals surface area (Å²) in [6.07, 6.45) is 0.278. The highest BCUT2D eigenvalue weighted by Gasteiger charge is 2.19. The molecular formula is C15H22N2O3. The first kappa shape index (κ1) is 16.0. The van der Waals surface area contributed by atoms with Gasteiger partial charge in [-0.25, -0.2) is 0 Å². The summed E-state index contributed by atoms with van der Waals surface area (Å²) in [5.74, 6) is -1.14. The highest BCUT2D eigenvalue weighted by Crippen LogP contribution is 2.13. The second kappa shape index (κ2) is 7.53. The summed E-state index contributed by atoms with van der Waals surface area (Å²) in [7, 11) is 0. The Morgan fingerprint density at radius 1 is 1.30 bits per heavy atom. The number of carbonyl (C=O) groups is 2. The summed E-state index contributed by atoms with van der Waals surface area (Å²) in [4.78, 5) is 24.1. The van der Waals surface area contributed by atoms with Crippen molar-refractivity contribution >= 4 is 17.6 Å². The Morgan fingerprint density at radius 3 is 2.50 bits per heavy atom. The first-order chi connectivity index (χ1) is 9.41. The van der Waals surface area contributed by atoms with Crippen molar-refractivity contribution in [3.63, 3.8) is 0 Å². The van der Waals surface area contributed by atoms with Gasteiger partial charge in [0.1, 0.15) is 6.54 Å². The Bertz CT molecular complexity index is 472. The standard InChI is InChI=1S/C15H22N2O3/c1-11(2)17(10-15(19)20)14(18)8-9-16-13-7-5-4-6-12(13)3/h4-7,11,16H,8-10H2,1-3H3,(H,19,20). The minimum atomic E-state index is -0.987. The number of amides is 1. The van der Waals surface area contributed by atoms with Crippen LogP contribution in [0, 0.1) is 6.92 Å². The van der Waals surface area contributed by atoms with Crippen LogP contribution in [0.3, 0.4) is 0 Å². The number of anilines is 1. The van der Waals surface area contributed by atoms with E-state index in [0.29, 0.717) is 6.54 Å². The normalized spacial score (nSPS) is 10.4. The smallest absolute Gasteiger partial charge is 0.323 e. The average Bonchev–Trinajstić information content (AvgIpc) is 2.37. The third-order valence-corrected chi connectivity index (χ3v) is 3.05. The zero-order valence-corrected chi connectivity index (χ0v) is 12.2. The van der Waals surface area contributed by atoms with Crippen molar-refractivity contribution in [1.29, 1.82) is 0 Å². The first-order valence-corrected chi connectivity index (χ1v) is 6.72. The molecule has 0 unspecified atom stereocenters. The second-order valence-corrected chi connectivity index (χ2v) is 5.00. The van der Waals surface area contributed by atoms with E-state index >= 15 is 0 Å². The molecule has 0 heterocycles. The molecule has 110 valence electrons. The van der Waals surface area contributed by atoms with Gasteiger partial charge in [0.2, 0.25) is 5.91 Å². The van der Waals surface area contributed by atoms with Crippen LogP contribution in [0.25, 0.3) is 0 Å². The van der Waals surface area contributed by atoms with Gasteiger partial charge in [-0.2, -0.15) is 0 Å². The summed E-state index contributed by atoms with van der Waals surface area (Å²) in [5, 5.41) is 12.0. The number of carbonyl (C=O) groups excluding carboxylic acids is 1. The van der Waals surface area contributed by atoms with E-state index in [9.17, 15) is 9.59 Å². The molecule has 1 aromatic carbocycles. The van der Waals surface area contributed by atoms with Gasteiger partial charge in [0.15, 0.2) is 0 Å². The van der Waals surface area contributed by atoms with Gasteiger partial charge in [0.05, 0.1) is 0 Å². The molecule has 2 N–H and O–H groups in total. The number of benzene rings is 1. The fraction of sp³-hybridized carbons (Fsp3) is 0.467. The number of carboxylic acids is 1. The maximum Gasteiger partial charge on any atom is 0.323 e. The van der Waals surface area contributed by atoms with Crippen LogP contribution in [-0.4, -0.2) is 41.0 Å². The monoisotopic (exact) mass is 278 g/mol. The van der Waals surface area contributed by atoms with Crippen LogP contribution in [0.5, 0.6) is 0 Å². The van der Waals surface area contributed by atoms with Gasteiger partial charge in [0, 0.05) is 24.7 Å². The molecule has 5 nitrogen and oxygen atoms in total. The van der Waals surface area contributed by atoms with Crippen molar-refractivity contribution in [2.45, 2.75) is 33.2 Å². The minimum absolute atomic E-state index is 0.114. The lowest BCUT2D eigenvalue weighted by Gasteiger charge is -2.25. The zero-order chi connectivity index (χ0) is 15.1. The van der Waals surface area contributed by atoms with Gasteiger partial charge >= 0.3 is 5.97 Å². The van der Waals surface area contributed by atoms with E-state index in [1.54, 1.807) is 0 Å². The molecule has 0 aliphatic rings. The number of para-hydroxylation sites is 1. The molecule has 20 heavy (non-hydrogen) atoms. The molecule has 1 amide bonds. The molecule has 0 saturated heterocycles. The average molecular weight is 278 g/mol. The van der Waals surface area contributed by atoms with E-state index < -0.39 is 5.97 Å². The Kier molecular flexibility index (Phi) is 6.03. The maximum atomic E-state index is 12.0. The van der Waals surface area contributed by atoms with Crippen LogP contribution in [0.4, 0.5) is 5.69 Å². The molecule has 5 heteroatoms. The number of hydrogen-bond acceptors (Lipinski definition) is 3. The summed E-state index contributed by atoms with van der Waals surface area (Å²) >= 11 is 0. The molecule has 0 saturated carbocycles. The minimum Gasteiger partial charge on any atom is -0.480 e. The van der Waals surface area contributed by atoms with Gasteiger partial charge in [-0.3, -0.25) is 9.59 Å². The Labute approximate surface area is 119 Å². The number of aryl methyl sites for hydroxylation is 1. The maximum absolute atomic E-state index is 12.0. The van der Waals surface area contributed by atoms with Crippen molar-refractivity contribution in [1.82, 2.24) is 4.90 Å². The van der Waals surface area contributed by atoms with E-state index in [2.05, 4.69) is 5.32 Å². The Hall–Kier alpha value is -2.04. The summed E-state index contributed by atoms with van der Waals surface area (Å²) in [6, 6.07) is 7.73. The third-order valence-electron chi connectivity index (χ3n) is 3.05. The van der Waals surface area contributed by atoms with Crippen LogP contribution >= 0.6 is 0 Å². The van der Waals surface area contributed by atoms with Crippen molar-refractivity contribution in [2.75, 3.05) is 18.4 Å². The Morgan fingerprint density at radius 2 is 1.95 bits per heavy atom. The number of carboxylic acid groups (broad SMARTS) is 1. The first-order valence-electron chi connectivity index (χ1n) is 6.72. The molecule has 0 aliphatic carbocycles. The number of aliphatic carboxylic acids is 1. The number of rotatable bonds is 7. The molecule has 0 radical (unpaired) electrons. The predicted molar refractivity (Wildman–Crippen MR) is 78.8 cm³/mol. The molecule has 0 bridgehead atoms.